The monoisotopic (exact) mass is 402 g/mol. The summed E-state index contributed by atoms with van der Waals surface area (Å²) in [4.78, 5) is 13.9. The number of nitriles is 1. The third kappa shape index (κ3) is 4.28. The topological polar surface area (TPSA) is 62.1 Å². The fraction of sp³-hybridized carbons (Fsp3) is 0.429. The summed E-state index contributed by atoms with van der Waals surface area (Å²) < 4.78 is 5.75. The number of carbonyl (C=O) groups excluding carboxylic acids is 1. The van der Waals surface area contributed by atoms with Gasteiger partial charge in [0.05, 0.1) is 10.6 Å². The molecule has 4 nitrogen and oxygen atoms in total. The lowest BCUT2D eigenvalue weighted by molar-refractivity contribution is -0.122. The molecule has 0 fully saturated rings. The van der Waals surface area contributed by atoms with Gasteiger partial charge >= 0.3 is 0 Å². The molecule has 1 aromatic carbocycles. The van der Waals surface area contributed by atoms with Crippen molar-refractivity contribution in [1.29, 1.82) is 5.26 Å². The summed E-state index contributed by atoms with van der Waals surface area (Å²) in [7, 11) is 0. The summed E-state index contributed by atoms with van der Waals surface area (Å²) in [5.41, 5.74) is 2.72. The summed E-state index contributed by atoms with van der Waals surface area (Å²) in [6, 6.07) is 7.73. The van der Waals surface area contributed by atoms with Crippen LogP contribution < -0.4 is 10.1 Å². The summed E-state index contributed by atoms with van der Waals surface area (Å²) in [6.45, 7) is 5.82. The van der Waals surface area contributed by atoms with Gasteiger partial charge in [-0.3, -0.25) is 4.79 Å². The number of benzene rings is 1. The average Bonchev–Trinajstić information content (AvgIpc) is 3.00. The maximum absolute atomic E-state index is 12.6. The summed E-state index contributed by atoms with van der Waals surface area (Å²) in [5, 5.41) is 13.6. The molecule has 0 radical (unpaired) electrons. The van der Waals surface area contributed by atoms with Gasteiger partial charge in [-0.15, -0.1) is 11.3 Å². The minimum Gasteiger partial charge on any atom is -0.479 e. The van der Waals surface area contributed by atoms with Crippen molar-refractivity contribution in [3.8, 4) is 11.8 Å². The first-order chi connectivity index (χ1) is 12.9. The van der Waals surface area contributed by atoms with Crippen molar-refractivity contribution >= 4 is 33.8 Å². The second kappa shape index (κ2) is 8.33. The number of amides is 1. The molecule has 1 aliphatic carbocycles. The number of halogens is 1. The van der Waals surface area contributed by atoms with Crippen molar-refractivity contribution < 1.29 is 9.53 Å². The Kier molecular flexibility index (Phi) is 6.08. The quantitative estimate of drug-likeness (QED) is 0.717. The Balaban J connectivity index is 1.75. The van der Waals surface area contributed by atoms with E-state index in [1.807, 2.05) is 19.1 Å². The highest BCUT2D eigenvalue weighted by Crippen LogP contribution is 2.40. The van der Waals surface area contributed by atoms with E-state index < -0.39 is 6.10 Å². The van der Waals surface area contributed by atoms with E-state index in [-0.39, 0.29) is 5.91 Å². The highest BCUT2D eigenvalue weighted by Gasteiger charge is 2.27. The fourth-order valence-corrected chi connectivity index (χ4v) is 4.84. The molecule has 0 aliphatic heterocycles. The number of hydrogen-bond donors (Lipinski definition) is 1. The van der Waals surface area contributed by atoms with Crippen LogP contribution in [0, 0.1) is 24.2 Å². The number of fused-ring (bicyclic) bond motifs is 1. The van der Waals surface area contributed by atoms with Gasteiger partial charge in [0.2, 0.25) is 0 Å². The van der Waals surface area contributed by atoms with Crippen LogP contribution in [0.1, 0.15) is 48.3 Å². The number of ether oxygens (including phenoxy) is 1. The van der Waals surface area contributed by atoms with Crippen molar-refractivity contribution in [1.82, 2.24) is 0 Å². The van der Waals surface area contributed by atoms with Crippen molar-refractivity contribution in [2.24, 2.45) is 5.92 Å². The Morgan fingerprint density at radius 2 is 2.30 bits per heavy atom. The van der Waals surface area contributed by atoms with Gasteiger partial charge in [-0.05, 0) is 62.3 Å². The van der Waals surface area contributed by atoms with Gasteiger partial charge in [-0.2, -0.15) is 5.26 Å². The van der Waals surface area contributed by atoms with E-state index in [0.717, 1.165) is 36.8 Å². The lowest BCUT2D eigenvalue weighted by Gasteiger charge is -2.20. The maximum Gasteiger partial charge on any atom is 0.265 e. The predicted octanol–water partition coefficient (Wildman–Crippen LogP) is 5.50. The molecule has 2 atom stereocenters. The van der Waals surface area contributed by atoms with Crippen molar-refractivity contribution in [3.63, 3.8) is 0 Å². The van der Waals surface area contributed by atoms with E-state index in [0.29, 0.717) is 27.3 Å². The summed E-state index contributed by atoms with van der Waals surface area (Å²) in [6.07, 6.45) is 3.43. The van der Waals surface area contributed by atoms with Gasteiger partial charge in [0.25, 0.3) is 5.91 Å². The van der Waals surface area contributed by atoms with Crippen LogP contribution >= 0.6 is 22.9 Å². The molecule has 0 saturated carbocycles. The Morgan fingerprint density at radius 3 is 3.00 bits per heavy atom. The maximum atomic E-state index is 12.6. The first-order valence-electron chi connectivity index (χ1n) is 9.21. The molecule has 27 heavy (non-hydrogen) atoms. The average molecular weight is 403 g/mol. The van der Waals surface area contributed by atoms with E-state index in [4.69, 9.17) is 16.3 Å². The number of aryl methyl sites for hydroxylation is 1. The Bertz CT molecular complexity index is 900. The molecule has 0 spiro atoms. The molecule has 1 N–H and O–H groups in total. The first-order valence-corrected chi connectivity index (χ1v) is 10.4. The molecule has 3 rings (SSSR count). The number of carbonyl (C=O) groups is 1. The lowest BCUT2D eigenvalue weighted by Crippen LogP contribution is -2.30. The van der Waals surface area contributed by atoms with Crippen molar-refractivity contribution in [3.05, 3.63) is 44.8 Å². The number of hydrogen-bond acceptors (Lipinski definition) is 4. The molecule has 0 saturated heterocycles. The number of thiophene rings is 1. The van der Waals surface area contributed by atoms with Crippen LogP contribution in [-0.2, 0) is 17.6 Å². The SMILES string of the molecule is CC[C@H]1CCc2c(sc(NC(=O)[C@H](C)Oc3cc(C)ccc3Cl)c2C#N)C1. The van der Waals surface area contributed by atoms with Gasteiger partial charge in [0, 0.05) is 4.88 Å². The summed E-state index contributed by atoms with van der Waals surface area (Å²) >= 11 is 7.68. The zero-order valence-corrected chi connectivity index (χ0v) is 17.3. The van der Waals surface area contributed by atoms with Crippen LogP contribution in [0.4, 0.5) is 5.00 Å². The Labute approximate surface area is 169 Å². The fourth-order valence-electron chi connectivity index (χ4n) is 3.37. The molecule has 6 heteroatoms. The normalized spacial score (nSPS) is 16.9. The van der Waals surface area contributed by atoms with Crippen LogP contribution in [-0.4, -0.2) is 12.0 Å². The molecule has 1 amide bonds. The highest BCUT2D eigenvalue weighted by molar-refractivity contribution is 7.16. The van der Waals surface area contributed by atoms with Crippen LogP contribution in [0.5, 0.6) is 5.75 Å². The molecule has 2 aromatic rings. The van der Waals surface area contributed by atoms with Crippen molar-refractivity contribution in [2.45, 2.75) is 52.6 Å². The summed E-state index contributed by atoms with van der Waals surface area (Å²) in [5.74, 6) is 0.864. The highest BCUT2D eigenvalue weighted by atomic mass is 35.5. The Morgan fingerprint density at radius 1 is 1.52 bits per heavy atom. The zero-order valence-electron chi connectivity index (χ0n) is 15.8. The van der Waals surface area contributed by atoms with Crippen LogP contribution in [0.15, 0.2) is 18.2 Å². The first kappa shape index (κ1) is 19.7. The third-order valence-electron chi connectivity index (χ3n) is 5.05. The van der Waals surface area contributed by atoms with E-state index >= 15 is 0 Å². The smallest absolute Gasteiger partial charge is 0.265 e. The molecular weight excluding hydrogens is 380 g/mol. The largest absolute Gasteiger partial charge is 0.479 e. The van der Waals surface area contributed by atoms with Crippen LogP contribution in [0.3, 0.4) is 0 Å². The predicted molar refractivity (Wildman–Crippen MR) is 110 cm³/mol. The molecular formula is C21H23ClN2O2S. The minimum absolute atomic E-state index is 0.283. The minimum atomic E-state index is -0.724. The van der Waals surface area contributed by atoms with Crippen LogP contribution in [0.2, 0.25) is 5.02 Å². The van der Waals surface area contributed by atoms with Crippen LogP contribution in [0.25, 0.3) is 0 Å². The number of nitrogens with one attached hydrogen (secondary N) is 1. The molecule has 1 aliphatic rings. The second-order valence-electron chi connectivity index (χ2n) is 7.02. The second-order valence-corrected chi connectivity index (χ2v) is 8.53. The van der Waals surface area contributed by atoms with E-state index in [1.165, 1.54) is 16.2 Å². The Hall–Kier alpha value is -2.03. The van der Waals surface area contributed by atoms with E-state index in [1.54, 1.807) is 13.0 Å². The molecule has 1 aromatic heterocycles. The van der Waals surface area contributed by atoms with Gasteiger partial charge in [0.1, 0.15) is 16.8 Å². The third-order valence-corrected chi connectivity index (χ3v) is 6.53. The zero-order chi connectivity index (χ0) is 19.6. The molecule has 0 bridgehead atoms. The number of rotatable bonds is 5. The van der Waals surface area contributed by atoms with Gasteiger partial charge in [0.15, 0.2) is 6.10 Å². The molecule has 142 valence electrons. The number of nitrogens with zero attached hydrogens (tertiary/aromatic N) is 1. The van der Waals surface area contributed by atoms with E-state index in [2.05, 4.69) is 18.3 Å². The van der Waals surface area contributed by atoms with Gasteiger partial charge in [-0.25, -0.2) is 0 Å². The number of anilines is 1. The molecule has 1 heterocycles. The lowest BCUT2D eigenvalue weighted by atomic mass is 9.86. The van der Waals surface area contributed by atoms with Gasteiger partial charge in [-0.1, -0.05) is 31.0 Å². The standard InChI is InChI=1S/C21H23ClN2O2S/c1-4-14-6-7-15-16(11-23)21(27-19(15)10-14)24-20(25)13(3)26-18-9-12(2)5-8-17(18)22/h5,8-9,13-14H,4,6-7,10H2,1-3H3,(H,24,25)/t13-,14-/m0/s1. The molecule has 0 unspecified atom stereocenters. The van der Waals surface area contributed by atoms with Gasteiger partial charge < -0.3 is 10.1 Å². The van der Waals surface area contributed by atoms with E-state index in [9.17, 15) is 10.1 Å². The van der Waals surface area contributed by atoms with Crippen molar-refractivity contribution in [2.75, 3.05) is 5.32 Å².